The van der Waals surface area contributed by atoms with E-state index in [1.54, 1.807) is 11.3 Å². The molecule has 144 valence electrons. The van der Waals surface area contributed by atoms with Gasteiger partial charge in [0.1, 0.15) is 10.8 Å². The largest absolute Gasteiger partial charge is 0.354 e. The number of carbonyl (C=O) groups excluding carboxylic acids is 2. The Kier molecular flexibility index (Phi) is 6.49. The zero-order chi connectivity index (χ0) is 19.9. The molecule has 0 saturated carbocycles. The molecule has 2 N–H and O–H groups in total. The van der Waals surface area contributed by atoms with Gasteiger partial charge in [-0.25, -0.2) is 9.37 Å². The number of carbonyl (C=O) groups is 2. The van der Waals surface area contributed by atoms with Crippen LogP contribution in [0, 0.1) is 12.7 Å². The maximum absolute atomic E-state index is 12.9. The van der Waals surface area contributed by atoms with E-state index in [9.17, 15) is 14.0 Å². The predicted molar refractivity (Wildman–Crippen MR) is 108 cm³/mol. The maximum atomic E-state index is 12.9. The van der Waals surface area contributed by atoms with Crippen molar-refractivity contribution < 1.29 is 14.0 Å². The molecule has 0 aliphatic carbocycles. The lowest BCUT2D eigenvalue weighted by atomic mass is 10.2. The summed E-state index contributed by atoms with van der Waals surface area (Å²) in [7, 11) is 0. The second-order valence-electron chi connectivity index (χ2n) is 6.30. The molecule has 0 unspecified atom stereocenters. The first-order valence-corrected chi connectivity index (χ1v) is 9.71. The molecule has 2 amide bonds. The van der Waals surface area contributed by atoms with Crippen molar-refractivity contribution in [2.45, 2.75) is 13.3 Å². The molecular formula is C21H20FN3O2S. The molecule has 0 bridgehead atoms. The van der Waals surface area contributed by atoms with Crippen molar-refractivity contribution in [1.82, 2.24) is 15.6 Å². The number of thiazole rings is 1. The molecule has 3 rings (SSSR count). The minimum atomic E-state index is -0.419. The molecule has 2 aromatic carbocycles. The number of amides is 2. The summed E-state index contributed by atoms with van der Waals surface area (Å²) in [4.78, 5) is 28.4. The highest BCUT2D eigenvalue weighted by Gasteiger charge is 2.09. The zero-order valence-electron chi connectivity index (χ0n) is 15.4. The van der Waals surface area contributed by atoms with E-state index >= 15 is 0 Å². The van der Waals surface area contributed by atoms with Gasteiger partial charge in [-0.15, -0.1) is 11.3 Å². The monoisotopic (exact) mass is 397 g/mol. The Morgan fingerprint density at radius 1 is 1.04 bits per heavy atom. The van der Waals surface area contributed by atoms with Crippen molar-refractivity contribution >= 4 is 23.2 Å². The highest BCUT2D eigenvalue weighted by atomic mass is 32.1. The Balaban J connectivity index is 1.41. The van der Waals surface area contributed by atoms with Gasteiger partial charge in [0.25, 0.3) is 5.91 Å². The highest BCUT2D eigenvalue weighted by molar-refractivity contribution is 7.13. The Hall–Kier alpha value is -3.06. The van der Waals surface area contributed by atoms with Crippen LogP contribution in [0.15, 0.2) is 53.9 Å². The van der Waals surface area contributed by atoms with Gasteiger partial charge in [-0.1, -0.05) is 29.8 Å². The van der Waals surface area contributed by atoms with Gasteiger partial charge in [-0.3, -0.25) is 9.59 Å². The topological polar surface area (TPSA) is 71.1 Å². The molecule has 3 aromatic rings. The Bertz CT molecular complexity index is 953. The number of nitrogens with zero attached hydrogens (tertiary/aromatic N) is 1. The lowest BCUT2D eigenvalue weighted by Gasteiger charge is -2.06. The summed E-state index contributed by atoms with van der Waals surface area (Å²) in [5.41, 5.74) is 3.50. The molecule has 0 fully saturated rings. The van der Waals surface area contributed by atoms with Crippen LogP contribution in [-0.4, -0.2) is 29.9 Å². The van der Waals surface area contributed by atoms with Crippen molar-refractivity contribution in [2.24, 2.45) is 0 Å². The molecule has 1 aromatic heterocycles. The van der Waals surface area contributed by atoms with Crippen LogP contribution in [0.1, 0.15) is 21.6 Å². The number of nitrogens with one attached hydrogen (secondary N) is 2. The van der Waals surface area contributed by atoms with Crippen LogP contribution in [-0.2, 0) is 11.2 Å². The van der Waals surface area contributed by atoms with Gasteiger partial charge in [0.15, 0.2) is 0 Å². The van der Waals surface area contributed by atoms with Crippen molar-refractivity contribution in [3.63, 3.8) is 0 Å². The van der Waals surface area contributed by atoms with E-state index in [1.807, 2.05) is 24.4 Å². The maximum Gasteiger partial charge on any atom is 0.251 e. The third-order valence-electron chi connectivity index (χ3n) is 4.07. The molecule has 0 radical (unpaired) electrons. The molecule has 1 heterocycles. The number of rotatable bonds is 7. The molecule has 0 aliphatic heterocycles. The number of benzene rings is 2. The number of halogens is 1. The van der Waals surface area contributed by atoms with E-state index in [0.717, 1.165) is 16.3 Å². The lowest BCUT2D eigenvalue weighted by Crippen LogP contribution is -2.37. The van der Waals surface area contributed by atoms with E-state index in [2.05, 4.69) is 27.8 Å². The van der Waals surface area contributed by atoms with Crippen molar-refractivity contribution in [1.29, 1.82) is 0 Å². The highest BCUT2D eigenvalue weighted by Crippen LogP contribution is 2.24. The summed E-state index contributed by atoms with van der Waals surface area (Å²) in [5.74, 6) is -1.12. The average Bonchev–Trinajstić information content (AvgIpc) is 3.16. The minimum absolute atomic E-state index is 0.137. The second-order valence-corrected chi connectivity index (χ2v) is 7.16. The van der Waals surface area contributed by atoms with Crippen molar-refractivity contribution in [3.8, 4) is 10.6 Å². The summed E-state index contributed by atoms with van der Waals surface area (Å²) < 4.78 is 12.9. The summed E-state index contributed by atoms with van der Waals surface area (Å²) in [6.07, 6.45) is 0.611. The van der Waals surface area contributed by atoms with Crippen molar-refractivity contribution in [2.75, 3.05) is 13.1 Å². The SMILES string of the molecule is Cc1ccc(-c2nc(CCNC(=O)CNC(=O)c3ccc(F)cc3)cs2)cc1. The van der Waals surface area contributed by atoms with Gasteiger partial charge in [0.2, 0.25) is 5.91 Å². The smallest absolute Gasteiger partial charge is 0.251 e. The average molecular weight is 397 g/mol. The van der Waals surface area contributed by atoms with E-state index in [0.29, 0.717) is 18.5 Å². The number of hydrogen-bond acceptors (Lipinski definition) is 4. The second kappa shape index (κ2) is 9.23. The fourth-order valence-corrected chi connectivity index (χ4v) is 3.37. The van der Waals surface area contributed by atoms with Crippen LogP contribution >= 0.6 is 11.3 Å². The normalized spacial score (nSPS) is 10.5. The number of aryl methyl sites for hydroxylation is 1. The molecular weight excluding hydrogens is 377 g/mol. The van der Waals surface area contributed by atoms with E-state index in [4.69, 9.17) is 0 Å². The summed E-state index contributed by atoms with van der Waals surface area (Å²) in [6.45, 7) is 2.34. The molecule has 7 heteroatoms. The molecule has 0 spiro atoms. The minimum Gasteiger partial charge on any atom is -0.354 e. The van der Waals surface area contributed by atoms with Gasteiger partial charge in [-0.2, -0.15) is 0 Å². The molecule has 0 saturated heterocycles. The first-order chi connectivity index (χ1) is 13.5. The summed E-state index contributed by atoms with van der Waals surface area (Å²) >= 11 is 1.57. The van der Waals surface area contributed by atoms with Crippen LogP contribution in [0.25, 0.3) is 10.6 Å². The third kappa shape index (κ3) is 5.47. The van der Waals surface area contributed by atoms with Crippen LogP contribution in [0.2, 0.25) is 0 Å². The fraction of sp³-hybridized carbons (Fsp3) is 0.190. The third-order valence-corrected chi connectivity index (χ3v) is 5.01. The zero-order valence-corrected chi connectivity index (χ0v) is 16.2. The van der Waals surface area contributed by atoms with Gasteiger partial charge >= 0.3 is 0 Å². The van der Waals surface area contributed by atoms with E-state index in [1.165, 1.54) is 29.8 Å². The molecule has 0 aliphatic rings. The Morgan fingerprint density at radius 2 is 1.75 bits per heavy atom. The van der Waals surface area contributed by atoms with Gasteiger partial charge < -0.3 is 10.6 Å². The van der Waals surface area contributed by atoms with E-state index in [-0.39, 0.29) is 12.5 Å². The number of aromatic nitrogens is 1. The number of hydrogen-bond donors (Lipinski definition) is 2. The predicted octanol–water partition coefficient (Wildman–Crippen LogP) is 3.35. The van der Waals surface area contributed by atoms with E-state index < -0.39 is 11.7 Å². The quantitative estimate of drug-likeness (QED) is 0.642. The fourth-order valence-electron chi connectivity index (χ4n) is 2.51. The summed E-state index contributed by atoms with van der Waals surface area (Å²) in [6, 6.07) is 13.3. The lowest BCUT2D eigenvalue weighted by molar-refractivity contribution is -0.120. The van der Waals surface area contributed by atoms with Gasteiger partial charge in [0.05, 0.1) is 12.2 Å². The van der Waals surface area contributed by atoms with Crippen molar-refractivity contribution in [3.05, 3.63) is 76.5 Å². The first-order valence-electron chi connectivity index (χ1n) is 8.83. The standard InChI is InChI=1S/C21H20FN3O2S/c1-14-2-4-16(5-3-14)21-25-18(13-28-21)10-11-23-19(26)12-24-20(27)15-6-8-17(22)9-7-15/h2-9,13H,10-12H2,1H3,(H,23,26)(H,24,27). The Labute approximate surface area is 166 Å². The first kappa shape index (κ1) is 19.7. The summed E-state index contributed by atoms with van der Waals surface area (Å²) in [5, 5.41) is 8.20. The van der Waals surface area contributed by atoms with Gasteiger partial charge in [0, 0.05) is 29.5 Å². The van der Waals surface area contributed by atoms with Crippen LogP contribution in [0.4, 0.5) is 4.39 Å². The van der Waals surface area contributed by atoms with Gasteiger partial charge in [-0.05, 0) is 31.2 Å². The molecule has 0 atom stereocenters. The Morgan fingerprint density at radius 3 is 2.46 bits per heavy atom. The molecule has 5 nitrogen and oxygen atoms in total. The molecule has 28 heavy (non-hydrogen) atoms. The van der Waals surface area contributed by atoms with Crippen LogP contribution in [0.3, 0.4) is 0 Å². The van der Waals surface area contributed by atoms with Crippen LogP contribution in [0.5, 0.6) is 0 Å². The van der Waals surface area contributed by atoms with Crippen LogP contribution < -0.4 is 10.6 Å².